The van der Waals surface area contributed by atoms with Crippen molar-refractivity contribution in [3.8, 4) is 11.5 Å². The molecular weight excluding hydrogens is 466 g/mol. The Balaban J connectivity index is 1.86. The Labute approximate surface area is 188 Å². The molecule has 0 unspecified atom stereocenters. The van der Waals surface area contributed by atoms with Gasteiger partial charge in [0.05, 0.1) is 22.5 Å². The number of halogens is 1. The van der Waals surface area contributed by atoms with Crippen molar-refractivity contribution in [2.45, 2.75) is 20.4 Å². The third-order valence-electron chi connectivity index (χ3n) is 4.27. The molecule has 2 amide bonds. The van der Waals surface area contributed by atoms with Crippen LogP contribution in [-0.2, 0) is 11.3 Å². The first-order valence-corrected chi connectivity index (χ1v) is 11.0. The molecule has 0 N–H and O–H groups in total. The summed E-state index contributed by atoms with van der Waals surface area (Å²) < 4.78 is 12.1. The smallest absolute Gasteiger partial charge is 0.293 e. The Hall–Kier alpha value is -2.51. The Kier molecular flexibility index (Phi) is 7.39. The minimum Gasteiger partial charge on any atom is -0.490 e. The monoisotopic (exact) mass is 487 g/mol. The van der Waals surface area contributed by atoms with Gasteiger partial charge in [0.25, 0.3) is 11.1 Å². The van der Waals surface area contributed by atoms with Gasteiger partial charge in [0.1, 0.15) is 6.61 Å². The topological polar surface area (TPSA) is 55.8 Å². The summed E-state index contributed by atoms with van der Waals surface area (Å²) in [5, 5.41) is -0.275. The summed E-state index contributed by atoms with van der Waals surface area (Å²) in [6.45, 7) is 8.58. The van der Waals surface area contributed by atoms with Gasteiger partial charge < -0.3 is 9.47 Å². The van der Waals surface area contributed by atoms with Crippen LogP contribution in [0.25, 0.3) is 6.08 Å². The van der Waals surface area contributed by atoms with Gasteiger partial charge >= 0.3 is 0 Å². The van der Waals surface area contributed by atoms with Gasteiger partial charge in [-0.15, -0.1) is 0 Å². The van der Waals surface area contributed by atoms with Crippen LogP contribution in [-0.4, -0.2) is 29.3 Å². The summed E-state index contributed by atoms with van der Waals surface area (Å²) >= 11 is 4.44. The predicted molar refractivity (Wildman–Crippen MR) is 124 cm³/mol. The van der Waals surface area contributed by atoms with E-state index >= 15 is 0 Å². The van der Waals surface area contributed by atoms with Crippen molar-refractivity contribution in [1.82, 2.24) is 4.90 Å². The number of imide groups is 1. The summed E-state index contributed by atoms with van der Waals surface area (Å²) in [5.41, 5.74) is 2.74. The maximum atomic E-state index is 12.9. The first-order valence-electron chi connectivity index (χ1n) is 9.44. The van der Waals surface area contributed by atoms with E-state index in [2.05, 4.69) is 22.5 Å². The van der Waals surface area contributed by atoms with Crippen molar-refractivity contribution in [1.29, 1.82) is 0 Å². The lowest BCUT2D eigenvalue weighted by atomic mass is 10.1. The zero-order valence-corrected chi connectivity index (χ0v) is 19.2. The molecule has 7 heteroatoms. The second-order valence-corrected chi connectivity index (χ2v) is 8.47. The maximum Gasteiger partial charge on any atom is 0.293 e. The lowest BCUT2D eigenvalue weighted by Gasteiger charge is -2.14. The molecule has 3 rings (SSSR count). The number of thioether (sulfide) groups is 1. The maximum absolute atomic E-state index is 12.9. The molecule has 1 aliphatic rings. The molecule has 0 spiro atoms. The summed E-state index contributed by atoms with van der Waals surface area (Å²) in [7, 11) is 0. The quantitative estimate of drug-likeness (QED) is 0.339. The standard InChI is InChI=1S/C23H22BrNO4S/c1-4-9-29-21-18(24)11-17(12-19(21)28-5-2)13-20-22(26)25(23(27)30-20)14-16-8-6-7-15(3)10-16/h4,6-8,10-13H,1,5,9,14H2,2-3H3/b20-13-. The second-order valence-electron chi connectivity index (χ2n) is 6.62. The number of hydrogen-bond acceptors (Lipinski definition) is 5. The molecule has 0 saturated carbocycles. The zero-order valence-electron chi connectivity index (χ0n) is 16.8. The summed E-state index contributed by atoms with van der Waals surface area (Å²) in [6.07, 6.45) is 3.35. The van der Waals surface area contributed by atoms with Crippen molar-refractivity contribution in [3.63, 3.8) is 0 Å². The molecule has 0 radical (unpaired) electrons. The number of nitrogens with zero attached hydrogens (tertiary/aromatic N) is 1. The average molecular weight is 488 g/mol. The van der Waals surface area contributed by atoms with Gasteiger partial charge in [-0.3, -0.25) is 14.5 Å². The molecule has 156 valence electrons. The van der Waals surface area contributed by atoms with E-state index in [9.17, 15) is 9.59 Å². The SMILES string of the molecule is C=CCOc1c(Br)cc(/C=C2\SC(=O)N(Cc3cccc(C)c3)C2=O)cc1OCC. The summed E-state index contributed by atoms with van der Waals surface area (Å²) in [4.78, 5) is 26.9. The second kappa shape index (κ2) is 10.00. The minimum absolute atomic E-state index is 0.256. The van der Waals surface area contributed by atoms with E-state index in [0.29, 0.717) is 34.1 Å². The highest BCUT2D eigenvalue weighted by molar-refractivity contribution is 9.10. The van der Waals surface area contributed by atoms with Crippen LogP contribution in [0.3, 0.4) is 0 Å². The van der Waals surface area contributed by atoms with E-state index in [0.717, 1.165) is 28.5 Å². The Morgan fingerprint density at radius 1 is 1.20 bits per heavy atom. The molecule has 0 aliphatic carbocycles. The molecule has 0 atom stereocenters. The first kappa shape index (κ1) is 22.2. The van der Waals surface area contributed by atoms with Crippen LogP contribution in [0.2, 0.25) is 0 Å². The van der Waals surface area contributed by atoms with E-state index in [1.165, 1.54) is 4.90 Å². The number of amides is 2. The molecule has 1 aliphatic heterocycles. The lowest BCUT2D eigenvalue weighted by Crippen LogP contribution is -2.27. The first-order chi connectivity index (χ1) is 14.4. The number of benzene rings is 2. The van der Waals surface area contributed by atoms with E-state index < -0.39 is 0 Å². The van der Waals surface area contributed by atoms with Gasteiger partial charge in [0.2, 0.25) is 0 Å². The van der Waals surface area contributed by atoms with Crippen molar-refractivity contribution in [2.75, 3.05) is 13.2 Å². The molecule has 1 heterocycles. The summed E-state index contributed by atoms with van der Waals surface area (Å²) in [6, 6.07) is 11.4. The average Bonchev–Trinajstić information content (AvgIpc) is 2.95. The molecule has 0 bridgehead atoms. The fraction of sp³-hybridized carbons (Fsp3) is 0.217. The van der Waals surface area contributed by atoms with Gasteiger partial charge in [-0.1, -0.05) is 42.5 Å². The molecule has 0 aromatic heterocycles. The molecular formula is C23H22BrNO4S. The van der Waals surface area contributed by atoms with Crippen LogP contribution in [0, 0.1) is 6.92 Å². The minimum atomic E-state index is -0.299. The fourth-order valence-corrected chi connectivity index (χ4v) is 4.41. The van der Waals surface area contributed by atoms with Gasteiger partial charge in [-0.05, 0) is 70.9 Å². The van der Waals surface area contributed by atoms with Crippen molar-refractivity contribution in [2.24, 2.45) is 0 Å². The van der Waals surface area contributed by atoms with Gasteiger partial charge in [0.15, 0.2) is 11.5 Å². The predicted octanol–water partition coefficient (Wildman–Crippen LogP) is 5.96. The van der Waals surface area contributed by atoms with Crippen LogP contribution in [0.5, 0.6) is 11.5 Å². The van der Waals surface area contributed by atoms with Gasteiger partial charge in [-0.25, -0.2) is 0 Å². The number of aryl methyl sites for hydroxylation is 1. The summed E-state index contributed by atoms with van der Waals surface area (Å²) in [5.74, 6) is 0.827. The van der Waals surface area contributed by atoms with Crippen LogP contribution in [0.4, 0.5) is 4.79 Å². The molecule has 2 aromatic rings. The highest BCUT2D eigenvalue weighted by atomic mass is 79.9. The van der Waals surface area contributed by atoms with Crippen LogP contribution in [0.15, 0.2) is 58.4 Å². The highest BCUT2D eigenvalue weighted by Gasteiger charge is 2.35. The lowest BCUT2D eigenvalue weighted by molar-refractivity contribution is -0.123. The molecule has 5 nitrogen and oxygen atoms in total. The third kappa shape index (κ3) is 5.15. The normalized spacial score (nSPS) is 15.0. The number of rotatable bonds is 8. The number of hydrogen-bond donors (Lipinski definition) is 0. The van der Waals surface area contributed by atoms with E-state index in [1.54, 1.807) is 18.2 Å². The van der Waals surface area contributed by atoms with Crippen LogP contribution < -0.4 is 9.47 Å². The Morgan fingerprint density at radius 2 is 2.00 bits per heavy atom. The third-order valence-corrected chi connectivity index (χ3v) is 5.77. The zero-order chi connectivity index (χ0) is 21.7. The van der Waals surface area contributed by atoms with Crippen LogP contribution in [0.1, 0.15) is 23.6 Å². The highest BCUT2D eigenvalue weighted by Crippen LogP contribution is 2.39. The number of carbonyl (C=O) groups excluding carboxylic acids is 2. The number of carbonyl (C=O) groups is 2. The van der Waals surface area contributed by atoms with Crippen molar-refractivity contribution < 1.29 is 19.1 Å². The van der Waals surface area contributed by atoms with Crippen molar-refractivity contribution >= 4 is 44.9 Å². The van der Waals surface area contributed by atoms with Gasteiger partial charge in [-0.2, -0.15) is 0 Å². The number of ether oxygens (including phenoxy) is 2. The Bertz CT molecular complexity index is 1020. The van der Waals surface area contributed by atoms with E-state index in [-0.39, 0.29) is 17.7 Å². The van der Waals surface area contributed by atoms with Gasteiger partial charge in [0, 0.05) is 0 Å². The van der Waals surface area contributed by atoms with E-state index in [4.69, 9.17) is 9.47 Å². The Morgan fingerprint density at radius 3 is 2.70 bits per heavy atom. The largest absolute Gasteiger partial charge is 0.490 e. The fourth-order valence-electron chi connectivity index (χ4n) is 3.00. The molecule has 2 aromatic carbocycles. The molecule has 1 saturated heterocycles. The molecule has 1 fully saturated rings. The van der Waals surface area contributed by atoms with E-state index in [1.807, 2.05) is 44.2 Å². The molecule has 30 heavy (non-hydrogen) atoms. The van der Waals surface area contributed by atoms with Crippen LogP contribution >= 0.6 is 27.7 Å². The van der Waals surface area contributed by atoms with Crippen molar-refractivity contribution in [3.05, 3.63) is 75.1 Å².